The number of benzene rings is 2. The first kappa shape index (κ1) is 32.0. The summed E-state index contributed by atoms with van der Waals surface area (Å²) in [5.41, 5.74) is 1.72. The summed E-state index contributed by atoms with van der Waals surface area (Å²) >= 11 is 0. The first-order valence-corrected chi connectivity index (χ1v) is 14.9. The Morgan fingerprint density at radius 2 is 1.61 bits per heavy atom. The maximum absolute atomic E-state index is 13.3. The van der Waals surface area contributed by atoms with Crippen LogP contribution in [0.25, 0.3) is 0 Å². The molecule has 0 aromatic heterocycles. The summed E-state index contributed by atoms with van der Waals surface area (Å²) in [6.45, 7) is 3.36. The fourth-order valence-electron chi connectivity index (χ4n) is 5.15. The molecule has 0 bridgehead atoms. The second kappa shape index (κ2) is 17.3. The van der Waals surface area contributed by atoms with E-state index in [0.29, 0.717) is 18.8 Å². The van der Waals surface area contributed by atoms with Crippen molar-refractivity contribution in [3.63, 3.8) is 0 Å². The van der Waals surface area contributed by atoms with Gasteiger partial charge in [0.1, 0.15) is 11.5 Å². The number of unbranched alkanes of at least 4 members (excludes halogenated alkanes) is 4. The van der Waals surface area contributed by atoms with E-state index >= 15 is 0 Å². The van der Waals surface area contributed by atoms with Crippen LogP contribution in [0, 0.1) is 5.92 Å². The highest BCUT2D eigenvalue weighted by molar-refractivity contribution is 6.00. The lowest BCUT2D eigenvalue weighted by atomic mass is 9.85. The molecule has 2 aromatic carbocycles. The lowest BCUT2D eigenvalue weighted by Gasteiger charge is -2.28. The Kier molecular flexibility index (Phi) is 13.5. The standard InChI is InChI=1S/C33H45NO7/c1-4-5-6-7-8-20-40-28-17-14-24(15-18-28)11-10-21-41-30-19-16-26(33(37)39-3)23-29(30)31(35)34-27-13-9-12-25(22-27)32(36)38-2/h14-19,23,25,27H,4-13,20-22H2,1-3H3,(H,34,35). The van der Waals surface area contributed by atoms with Gasteiger partial charge in [0.2, 0.25) is 0 Å². The van der Waals surface area contributed by atoms with Crippen molar-refractivity contribution in [1.82, 2.24) is 5.32 Å². The highest BCUT2D eigenvalue weighted by Crippen LogP contribution is 2.27. The van der Waals surface area contributed by atoms with Crippen LogP contribution in [0.2, 0.25) is 0 Å². The SMILES string of the molecule is CCCCCCCOc1ccc(CCCOc2ccc(C(=O)OC)cc2C(=O)NC2CCCC(C(=O)OC)C2)cc1. The minimum atomic E-state index is -0.530. The van der Waals surface area contributed by atoms with Crippen molar-refractivity contribution in [3.8, 4) is 11.5 Å². The van der Waals surface area contributed by atoms with Crippen molar-refractivity contribution in [2.45, 2.75) is 83.6 Å². The molecule has 0 heterocycles. The zero-order chi connectivity index (χ0) is 29.5. The van der Waals surface area contributed by atoms with Crippen molar-refractivity contribution in [2.24, 2.45) is 5.92 Å². The predicted molar refractivity (Wildman–Crippen MR) is 158 cm³/mol. The fraction of sp³-hybridized carbons (Fsp3) is 0.545. The van der Waals surface area contributed by atoms with Gasteiger partial charge in [0, 0.05) is 6.04 Å². The molecule has 1 fully saturated rings. The van der Waals surface area contributed by atoms with Gasteiger partial charge >= 0.3 is 11.9 Å². The van der Waals surface area contributed by atoms with E-state index in [1.165, 1.54) is 51.5 Å². The summed E-state index contributed by atoms with van der Waals surface area (Å²) in [6.07, 6.45) is 10.5. The Hall–Kier alpha value is -3.55. The molecule has 1 aliphatic rings. The first-order chi connectivity index (χ1) is 19.9. The van der Waals surface area contributed by atoms with E-state index in [1.807, 2.05) is 12.1 Å². The van der Waals surface area contributed by atoms with E-state index < -0.39 is 5.97 Å². The van der Waals surface area contributed by atoms with Gasteiger partial charge in [-0.1, -0.05) is 51.2 Å². The van der Waals surface area contributed by atoms with Gasteiger partial charge in [-0.3, -0.25) is 9.59 Å². The summed E-state index contributed by atoms with van der Waals surface area (Å²) in [7, 11) is 2.68. The molecule has 2 unspecified atom stereocenters. The number of esters is 2. The topological polar surface area (TPSA) is 100 Å². The molecular weight excluding hydrogens is 522 g/mol. The first-order valence-electron chi connectivity index (χ1n) is 14.9. The molecule has 2 aromatic rings. The number of hydrogen-bond acceptors (Lipinski definition) is 7. The molecule has 8 heteroatoms. The normalized spacial score (nSPS) is 16.5. The molecule has 2 atom stereocenters. The highest BCUT2D eigenvalue weighted by Gasteiger charge is 2.29. The van der Waals surface area contributed by atoms with Crippen LogP contribution in [-0.2, 0) is 20.7 Å². The van der Waals surface area contributed by atoms with Gasteiger partial charge in [-0.15, -0.1) is 0 Å². The maximum Gasteiger partial charge on any atom is 0.337 e. The van der Waals surface area contributed by atoms with Crippen LogP contribution in [0.3, 0.4) is 0 Å². The number of amides is 1. The second-order valence-corrected chi connectivity index (χ2v) is 10.6. The average Bonchev–Trinajstić information content (AvgIpc) is 3.01. The third-order valence-corrected chi connectivity index (χ3v) is 7.50. The molecule has 0 saturated heterocycles. The number of carbonyl (C=O) groups is 3. The Morgan fingerprint density at radius 3 is 2.34 bits per heavy atom. The molecule has 224 valence electrons. The number of methoxy groups -OCH3 is 2. The molecule has 1 amide bonds. The van der Waals surface area contributed by atoms with Gasteiger partial charge in [-0.2, -0.15) is 0 Å². The Balaban J connectivity index is 1.53. The third kappa shape index (κ3) is 10.4. The molecule has 0 radical (unpaired) electrons. The van der Waals surface area contributed by atoms with E-state index in [0.717, 1.165) is 50.9 Å². The molecule has 8 nitrogen and oxygen atoms in total. The van der Waals surface area contributed by atoms with Gasteiger partial charge in [-0.25, -0.2) is 4.79 Å². The van der Waals surface area contributed by atoms with Crippen LogP contribution >= 0.6 is 0 Å². The van der Waals surface area contributed by atoms with Crippen molar-refractivity contribution in [3.05, 3.63) is 59.2 Å². The van der Waals surface area contributed by atoms with Gasteiger partial charge < -0.3 is 24.3 Å². The Morgan fingerprint density at radius 1 is 0.854 bits per heavy atom. The lowest BCUT2D eigenvalue weighted by Crippen LogP contribution is -2.40. The van der Waals surface area contributed by atoms with Gasteiger partial charge in [0.05, 0.1) is 44.5 Å². The second-order valence-electron chi connectivity index (χ2n) is 10.6. The maximum atomic E-state index is 13.3. The zero-order valence-electron chi connectivity index (χ0n) is 24.7. The molecular formula is C33H45NO7. The summed E-state index contributed by atoms with van der Waals surface area (Å²) in [5.74, 6) is -0.0657. The number of aryl methyl sites for hydroxylation is 1. The quantitative estimate of drug-likeness (QED) is 0.188. The van der Waals surface area contributed by atoms with Crippen molar-refractivity contribution >= 4 is 17.8 Å². The van der Waals surface area contributed by atoms with E-state index in [1.54, 1.807) is 12.1 Å². The Labute approximate surface area is 244 Å². The van der Waals surface area contributed by atoms with Crippen LogP contribution < -0.4 is 14.8 Å². The third-order valence-electron chi connectivity index (χ3n) is 7.50. The smallest absolute Gasteiger partial charge is 0.337 e. The molecule has 3 rings (SSSR count). The van der Waals surface area contributed by atoms with Crippen LogP contribution in [0.1, 0.15) is 97.4 Å². The minimum Gasteiger partial charge on any atom is -0.494 e. The monoisotopic (exact) mass is 567 g/mol. The number of nitrogens with one attached hydrogen (secondary N) is 1. The molecule has 41 heavy (non-hydrogen) atoms. The van der Waals surface area contributed by atoms with Crippen molar-refractivity contribution in [2.75, 3.05) is 27.4 Å². The van der Waals surface area contributed by atoms with Crippen molar-refractivity contribution < 1.29 is 33.3 Å². The fourth-order valence-corrected chi connectivity index (χ4v) is 5.15. The van der Waals surface area contributed by atoms with E-state index in [2.05, 4.69) is 24.4 Å². The van der Waals surface area contributed by atoms with Crippen LogP contribution in [0.4, 0.5) is 0 Å². The van der Waals surface area contributed by atoms with E-state index in [9.17, 15) is 14.4 Å². The van der Waals surface area contributed by atoms with Gasteiger partial charge in [-0.05, 0) is 74.4 Å². The van der Waals surface area contributed by atoms with E-state index in [4.69, 9.17) is 18.9 Å². The molecule has 0 aliphatic heterocycles. The molecule has 1 aliphatic carbocycles. The van der Waals surface area contributed by atoms with Crippen LogP contribution in [0.15, 0.2) is 42.5 Å². The minimum absolute atomic E-state index is 0.164. The summed E-state index contributed by atoms with van der Waals surface area (Å²) in [4.78, 5) is 37.4. The van der Waals surface area contributed by atoms with E-state index in [-0.39, 0.29) is 35.0 Å². The molecule has 1 saturated carbocycles. The lowest BCUT2D eigenvalue weighted by molar-refractivity contribution is -0.146. The van der Waals surface area contributed by atoms with Gasteiger partial charge in [0.15, 0.2) is 0 Å². The Bertz CT molecular complexity index is 1120. The van der Waals surface area contributed by atoms with Crippen LogP contribution in [0.5, 0.6) is 11.5 Å². The number of hydrogen-bond donors (Lipinski definition) is 1. The van der Waals surface area contributed by atoms with Crippen molar-refractivity contribution in [1.29, 1.82) is 0 Å². The largest absolute Gasteiger partial charge is 0.494 e. The highest BCUT2D eigenvalue weighted by atomic mass is 16.5. The van der Waals surface area contributed by atoms with Crippen LogP contribution in [-0.4, -0.2) is 51.3 Å². The molecule has 1 N–H and O–H groups in total. The molecule has 0 spiro atoms. The number of carbonyl (C=O) groups excluding carboxylic acids is 3. The zero-order valence-corrected chi connectivity index (χ0v) is 24.7. The number of rotatable bonds is 16. The average molecular weight is 568 g/mol. The summed E-state index contributed by atoms with van der Waals surface area (Å²) in [6, 6.07) is 12.7. The summed E-state index contributed by atoms with van der Waals surface area (Å²) in [5, 5.41) is 3.03. The van der Waals surface area contributed by atoms with Gasteiger partial charge in [0.25, 0.3) is 5.91 Å². The predicted octanol–water partition coefficient (Wildman–Crippen LogP) is 6.30. The number of ether oxygens (including phenoxy) is 4. The summed E-state index contributed by atoms with van der Waals surface area (Å²) < 4.78 is 21.6.